The van der Waals surface area contributed by atoms with E-state index in [1.165, 1.54) is 36.7 Å². The van der Waals surface area contributed by atoms with E-state index >= 15 is 0 Å². The van der Waals surface area contributed by atoms with Crippen molar-refractivity contribution in [3.05, 3.63) is 66.2 Å². The number of nitrogens with zero attached hydrogens (tertiary/aromatic N) is 3. The Morgan fingerprint density at radius 2 is 1.81 bits per heavy atom. The van der Waals surface area contributed by atoms with Crippen LogP contribution in [0.1, 0.15) is 11.3 Å². The summed E-state index contributed by atoms with van der Waals surface area (Å²) in [6, 6.07) is 8.87. The Morgan fingerprint density at radius 3 is 2.42 bits per heavy atom. The summed E-state index contributed by atoms with van der Waals surface area (Å²) in [7, 11) is -4.10. The van der Waals surface area contributed by atoms with Crippen molar-refractivity contribution in [2.75, 3.05) is 4.83 Å². The fraction of sp³-hybridized carbons (Fsp3) is 0.125. The van der Waals surface area contributed by atoms with Crippen LogP contribution in [-0.2, 0) is 16.2 Å². The van der Waals surface area contributed by atoms with Gasteiger partial charge in [-0.2, -0.15) is 21.6 Å². The molecule has 26 heavy (non-hydrogen) atoms. The molecule has 3 aromatic rings. The fourth-order valence-corrected chi connectivity index (χ4v) is 3.27. The SMILES string of the molecule is Cc1cncc(-c2nc(C(F)(F)F)cn2NS(=O)(=O)c2ccccc2)c1. The van der Waals surface area contributed by atoms with E-state index in [9.17, 15) is 21.6 Å². The number of pyridine rings is 1. The minimum atomic E-state index is -4.73. The number of halogens is 3. The number of alkyl halides is 3. The van der Waals surface area contributed by atoms with Gasteiger partial charge in [-0.05, 0) is 30.7 Å². The molecule has 1 N–H and O–H groups in total. The molecule has 3 rings (SSSR count). The fourth-order valence-electron chi connectivity index (χ4n) is 2.25. The second-order valence-corrected chi connectivity index (χ2v) is 7.14. The van der Waals surface area contributed by atoms with Gasteiger partial charge in [0, 0.05) is 18.0 Å². The van der Waals surface area contributed by atoms with Crippen molar-refractivity contribution in [3.8, 4) is 11.4 Å². The van der Waals surface area contributed by atoms with Crippen LogP contribution < -0.4 is 4.83 Å². The summed E-state index contributed by atoms with van der Waals surface area (Å²) in [5.41, 5.74) is -0.280. The van der Waals surface area contributed by atoms with Crippen molar-refractivity contribution in [3.63, 3.8) is 0 Å². The van der Waals surface area contributed by atoms with Crippen molar-refractivity contribution in [1.82, 2.24) is 14.6 Å². The Bertz CT molecular complexity index is 1030. The van der Waals surface area contributed by atoms with E-state index in [1.807, 2.05) is 0 Å². The lowest BCUT2D eigenvalue weighted by atomic mass is 10.2. The van der Waals surface area contributed by atoms with E-state index < -0.39 is 21.9 Å². The Hall–Kier alpha value is -2.88. The number of hydrogen-bond donors (Lipinski definition) is 1. The molecule has 136 valence electrons. The second kappa shape index (κ2) is 6.45. The van der Waals surface area contributed by atoms with E-state index in [1.54, 1.807) is 19.1 Å². The normalized spacial score (nSPS) is 12.2. The number of aryl methyl sites for hydroxylation is 1. The number of sulfonamides is 1. The summed E-state index contributed by atoms with van der Waals surface area (Å²) >= 11 is 0. The van der Waals surface area contributed by atoms with E-state index in [4.69, 9.17) is 0 Å². The number of imidazole rings is 1. The lowest BCUT2D eigenvalue weighted by Crippen LogP contribution is -2.23. The topological polar surface area (TPSA) is 76.9 Å². The number of rotatable bonds is 4. The highest BCUT2D eigenvalue weighted by Crippen LogP contribution is 2.31. The molecule has 0 aliphatic carbocycles. The van der Waals surface area contributed by atoms with Crippen molar-refractivity contribution >= 4 is 10.0 Å². The summed E-state index contributed by atoms with van der Waals surface area (Å²) < 4.78 is 64.8. The largest absolute Gasteiger partial charge is 0.434 e. The van der Waals surface area contributed by atoms with Crippen LogP contribution in [-0.4, -0.2) is 23.1 Å². The molecular weight excluding hydrogens is 369 g/mol. The van der Waals surface area contributed by atoms with Gasteiger partial charge in [-0.3, -0.25) is 4.98 Å². The highest BCUT2D eigenvalue weighted by atomic mass is 32.2. The van der Waals surface area contributed by atoms with Gasteiger partial charge in [0.15, 0.2) is 11.5 Å². The molecule has 10 heteroatoms. The molecule has 0 amide bonds. The maximum atomic E-state index is 13.1. The third-order valence-electron chi connectivity index (χ3n) is 3.40. The molecule has 0 atom stereocenters. The molecule has 0 saturated carbocycles. The van der Waals surface area contributed by atoms with Crippen LogP contribution in [0.15, 0.2) is 59.9 Å². The van der Waals surface area contributed by atoms with E-state index in [0.717, 1.165) is 4.68 Å². The van der Waals surface area contributed by atoms with Crippen LogP contribution in [0, 0.1) is 6.92 Å². The molecule has 0 fully saturated rings. The van der Waals surface area contributed by atoms with Crippen molar-refractivity contribution in [2.24, 2.45) is 0 Å². The smallest absolute Gasteiger partial charge is 0.264 e. The Morgan fingerprint density at radius 1 is 1.12 bits per heavy atom. The molecule has 0 aliphatic rings. The molecule has 0 bridgehead atoms. The first-order valence-electron chi connectivity index (χ1n) is 7.33. The minimum Gasteiger partial charge on any atom is -0.264 e. The van der Waals surface area contributed by atoms with E-state index in [-0.39, 0.29) is 16.3 Å². The van der Waals surface area contributed by atoms with Gasteiger partial charge >= 0.3 is 6.18 Å². The summed E-state index contributed by atoms with van der Waals surface area (Å²) in [5.74, 6) is -0.215. The second-order valence-electron chi connectivity index (χ2n) is 5.48. The van der Waals surface area contributed by atoms with Gasteiger partial charge in [0.1, 0.15) is 0 Å². The zero-order chi connectivity index (χ0) is 18.9. The van der Waals surface area contributed by atoms with Crippen LogP contribution in [0.25, 0.3) is 11.4 Å². The van der Waals surface area contributed by atoms with Crippen molar-refractivity contribution in [1.29, 1.82) is 0 Å². The Labute approximate surface area is 147 Å². The van der Waals surface area contributed by atoms with Gasteiger partial charge in [0.2, 0.25) is 0 Å². The van der Waals surface area contributed by atoms with Gasteiger partial charge in [-0.25, -0.2) is 14.5 Å². The lowest BCUT2D eigenvalue weighted by Gasteiger charge is -2.11. The summed E-state index contributed by atoms with van der Waals surface area (Å²) in [6.45, 7) is 1.71. The van der Waals surface area contributed by atoms with E-state index in [2.05, 4.69) is 14.8 Å². The summed E-state index contributed by atoms with van der Waals surface area (Å²) in [4.78, 5) is 9.48. The molecule has 0 saturated heterocycles. The predicted molar refractivity (Wildman–Crippen MR) is 88.2 cm³/mol. The predicted octanol–water partition coefficient (Wildman–Crippen LogP) is 3.20. The molecular formula is C16H13F3N4O2S. The monoisotopic (exact) mass is 382 g/mol. The zero-order valence-corrected chi connectivity index (χ0v) is 14.2. The molecule has 0 unspecified atom stereocenters. The standard InChI is InChI=1S/C16H13F3N4O2S/c1-11-7-12(9-20-8-11)15-21-14(16(17,18)19)10-23(15)22-26(24,25)13-5-3-2-4-6-13/h2-10,22H,1H3. The van der Waals surface area contributed by atoms with Crippen LogP contribution in [0.3, 0.4) is 0 Å². The first kappa shape index (κ1) is 17.9. The van der Waals surface area contributed by atoms with Crippen LogP contribution in [0.5, 0.6) is 0 Å². The number of aromatic nitrogens is 3. The van der Waals surface area contributed by atoms with Gasteiger partial charge in [-0.15, -0.1) is 0 Å². The number of hydrogen-bond acceptors (Lipinski definition) is 4. The average molecular weight is 382 g/mol. The average Bonchev–Trinajstić information content (AvgIpc) is 2.99. The quantitative estimate of drug-likeness (QED) is 0.752. The van der Waals surface area contributed by atoms with Gasteiger partial charge in [0.25, 0.3) is 10.0 Å². The van der Waals surface area contributed by atoms with Gasteiger partial charge in [-0.1, -0.05) is 18.2 Å². The lowest BCUT2D eigenvalue weighted by molar-refractivity contribution is -0.140. The molecule has 1 aromatic carbocycles. The highest BCUT2D eigenvalue weighted by molar-refractivity contribution is 7.92. The Balaban J connectivity index is 2.10. The maximum absolute atomic E-state index is 13.1. The zero-order valence-electron chi connectivity index (χ0n) is 13.4. The highest BCUT2D eigenvalue weighted by Gasteiger charge is 2.35. The molecule has 6 nitrogen and oxygen atoms in total. The molecule has 2 aromatic heterocycles. The maximum Gasteiger partial charge on any atom is 0.434 e. The first-order valence-corrected chi connectivity index (χ1v) is 8.81. The van der Waals surface area contributed by atoms with E-state index in [0.29, 0.717) is 11.8 Å². The van der Waals surface area contributed by atoms with Crippen LogP contribution in [0.2, 0.25) is 0 Å². The number of nitrogens with one attached hydrogen (secondary N) is 1. The minimum absolute atomic E-state index is 0.0874. The third kappa shape index (κ3) is 3.69. The summed E-state index contributed by atoms with van der Waals surface area (Å²) in [5, 5.41) is 0. The van der Waals surface area contributed by atoms with Crippen molar-refractivity contribution in [2.45, 2.75) is 18.0 Å². The van der Waals surface area contributed by atoms with Crippen LogP contribution >= 0.6 is 0 Å². The van der Waals surface area contributed by atoms with Crippen LogP contribution in [0.4, 0.5) is 13.2 Å². The van der Waals surface area contributed by atoms with Crippen molar-refractivity contribution < 1.29 is 21.6 Å². The summed E-state index contributed by atoms with van der Waals surface area (Å²) in [6.07, 6.45) is -1.30. The molecule has 0 aliphatic heterocycles. The van der Waals surface area contributed by atoms with Gasteiger partial charge < -0.3 is 0 Å². The first-order chi connectivity index (χ1) is 12.2. The number of benzene rings is 1. The molecule has 2 heterocycles. The molecule has 0 spiro atoms. The third-order valence-corrected chi connectivity index (χ3v) is 4.73. The van der Waals surface area contributed by atoms with Gasteiger partial charge in [0.05, 0.1) is 11.1 Å². The molecule has 0 radical (unpaired) electrons. The Kier molecular flexibility index (Phi) is 4.45.